The molecule has 2 aromatic rings. The molecule has 0 aliphatic rings. The molecule has 4 heteroatoms. The first-order chi connectivity index (χ1) is 18.1. The van der Waals surface area contributed by atoms with Crippen LogP contribution in [0.5, 0.6) is 0 Å². The van der Waals surface area contributed by atoms with Crippen LogP contribution in [0.2, 0.25) is 0 Å². The van der Waals surface area contributed by atoms with E-state index in [9.17, 15) is 4.79 Å². The summed E-state index contributed by atoms with van der Waals surface area (Å²) < 4.78 is 7.44. The molecular weight excluding hydrogens is 468 g/mol. The third-order valence-corrected chi connectivity index (χ3v) is 5.84. The molecule has 2 aromatic carbocycles. The van der Waals surface area contributed by atoms with Gasteiger partial charge in [0.25, 0.3) is 0 Å². The number of ether oxygens (including phenoxy) is 1. The molecule has 0 spiro atoms. The normalized spacial score (nSPS) is 10.3. The molecule has 196 valence electrons. The minimum absolute atomic E-state index is 0.144. The van der Waals surface area contributed by atoms with Crippen LogP contribution in [-0.2, 0) is 16.1 Å². The van der Waals surface area contributed by atoms with E-state index in [0.717, 1.165) is 51.6 Å². The van der Waals surface area contributed by atoms with Crippen molar-refractivity contribution in [1.82, 2.24) is 0 Å². The minimum atomic E-state index is -0.144. The molecule has 4 nitrogen and oxygen atoms in total. The molecule has 0 aliphatic carbocycles. The van der Waals surface area contributed by atoms with Crippen molar-refractivity contribution in [2.75, 3.05) is 54.9 Å². The van der Waals surface area contributed by atoms with Gasteiger partial charge in [-0.25, -0.2) is 0 Å². The highest BCUT2D eigenvalue weighted by atomic mass is 16.5. The summed E-state index contributed by atoms with van der Waals surface area (Å²) in [6.45, 7) is 3.69. The summed E-state index contributed by atoms with van der Waals surface area (Å²) in [5.41, 5.74) is 2.70. The second-order valence-corrected chi connectivity index (χ2v) is 10.9. The first-order valence-corrected chi connectivity index (χ1v) is 13.1. The number of rotatable bonds is 11. The highest BCUT2D eigenvalue weighted by molar-refractivity contribution is 5.69. The standard InChI is InChI=1S/C34H40N2O2/c1-35(2,3)27-17-29-36(4,5)28-16-15-22-34(37)38-30-33-25-23-32(24-26-33)21-12-9-7-6-8-11-18-31-19-13-10-14-20-31/h10,13-14,19-20,23-26H,15-17,22,27-30H2,1-5H3/q+2. The fraction of sp³-hybridized carbons (Fsp3) is 0.382. The summed E-state index contributed by atoms with van der Waals surface area (Å²) in [6.07, 6.45) is 3.54. The first-order valence-electron chi connectivity index (χ1n) is 13.1. The van der Waals surface area contributed by atoms with Crippen molar-refractivity contribution in [1.29, 1.82) is 0 Å². The maximum Gasteiger partial charge on any atom is 0.306 e. The van der Waals surface area contributed by atoms with Gasteiger partial charge in [0.05, 0.1) is 54.9 Å². The Kier molecular flexibility index (Phi) is 12.8. The zero-order chi connectivity index (χ0) is 27.7. The van der Waals surface area contributed by atoms with Crippen molar-refractivity contribution in [2.24, 2.45) is 0 Å². The minimum Gasteiger partial charge on any atom is -0.461 e. The van der Waals surface area contributed by atoms with E-state index in [2.05, 4.69) is 82.6 Å². The average Bonchev–Trinajstić information content (AvgIpc) is 2.87. The maximum atomic E-state index is 12.1. The molecule has 0 amide bonds. The van der Waals surface area contributed by atoms with E-state index in [1.165, 1.54) is 13.0 Å². The van der Waals surface area contributed by atoms with Crippen LogP contribution in [0, 0.1) is 47.4 Å². The number of unbranched alkanes of at least 4 members (excludes halogenated alkanes) is 1. The number of benzene rings is 2. The Morgan fingerprint density at radius 3 is 1.82 bits per heavy atom. The van der Waals surface area contributed by atoms with E-state index in [1.807, 2.05) is 54.6 Å². The van der Waals surface area contributed by atoms with Gasteiger partial charge in [-0.05, 0) is 78.2 Å². The molecular formula is C34H40N2O2+2. The number of nitrogens with zero attached hydrogens (tertiary/aromatic N) is 2. The SMILES string of the molecule is C[N+](C)(C)CCC[N+](C)(C)CCCCC(=O)OCc1ccc(C#CC#CC#CC#Cc2ccccc2)cc1. The van der Waals surface area contributed by atoms with Crippen LogP contribution in [0.25, 0.3) is 0 Å². The largest absolute Gasteiger partial charge is 0.461 e. The van der Waals surface area contributed by atoms with Gasteiger partial charge in [0.2, 0.25) is 0 Å². The molecule has 0 N–H and O–H groups in total. The van der Waals surface area contributed by atoms with E-state index in [4.69, 9.17) is 4.74 Å². The number of hydrogen-bond acceptors (Lipinski definition) is 2. The summed E-state index contributed by atoms with van der Waals surface area (Å²) in [4.78, 5) is 12.1. The molecule has 2 rings (SSSR count). The van der Waals surface area contributed by atoms with Gasteiger partial charge in [0, 0.05) is 24.0 Å². The lowest BCUT2D eigenvalue weighted by molar-refractivity contribution is -0.902. The molecule has 38 heavy (non-hydrogen) atoms. The molecule has 0 saturated carbocycles. The van der Waals surface area contributed by atoms with Gasteiger partial charge < -0.3 is 13.7 Å². The average molecular weight is 509 g/mol. The molecule has 0 aromatic heterocycles. The Hall–Kier alpha value is -3.93. The summed E-state index contributed by atoms with van der Waals surface area (Å²) >= 11 is 0. The fourth-order valence-corrected chi connectivity index (χ4v) is 3.67. The zero-order valence-corrected chi connectivity index (χ0v) is 23.6. The summed E-state index contributed by atoms with van der Waals surface area (Å²) in [6, 6.07) is 17.3. The van der Waals surface area contributed by atoms with Gasteiger partial charge in [0.1, 0.15) is 6.61 Å². The smallest absolute Gasteiger partial charge is 0.306 e. The summed E-state index contributed by atoms with van der Waals surface area (Å²) in [7, 11) is 11.2. The van der Waals surface area contributed by atoms with Gasteiger partial charge in [-0.15, -0.1) is 0 Å². The van der Waals surface area contributed by atoms with Crippen LogP contribution in [-0.4, -0.2) is 69.8 Å². The number of quaternary nitrogens is 2. The van der Waals surface area contributed by atoms with Crippen LogP contribution in [0.1, 0.15) is 42.4 Å². The topological polar surface area (TPSA) is 26.3 Å². The Labute approximate surface area is 230 Å². The highest BCUT2D eigenvalue weighted by Gasteiger charge is 2.17. The van der Waals surface area contributed by atoms with E-state index in [-0.39, 0.29) is 12.6 Å². The van der Waals surface area contributed by atoms with Gasteiger partial charge in [-0.2, -0.15) is 0 Å². The van der Waals surface area contributed by atoms with E-state index in [1.54, 1.807) is 0 Å². The molecule has 0 radical (unpaired) electrons. The van der Waals surface area contributed by atoms with Gasteiger partial charge in [0.15, 0.2) is 0 Å². The summed E-state index contributed by atoms with van der Waals surface area (Å²) in [5, 5.41) is 0. The third kappa shape index (κ3) is 14.6. The van der Waals surface area contributed by atoms with Gasteiger partial charge >= 0.3 is 5.97 Å². The molecule has 0 unspecified atom stereocenters. The van der Waals surface area contributed by atoms with Crippen molar-refractivity contribution >= 4 is 5.97 Å². The lowest BCUT2D eigenvalue weighted by atomic mass is 10.1. The number of hydrogen-bond donors (Lipinski definition) is 0. The number of carbonyl (C=O) groups excluding carboxylic acids is 1. The van der Waals surface area contributed by atoms with Crippen LogP contribution in [0.15, 0.2) is 54.6 Å². The lowest BCUT2D eigenvalue weighted by Gasteiger charge is -2.31. The Morgan fingerprint density at radius 2 is 1.21 bits per heavy atom. The number of esters is 1. The molecule has 0 heterocycles. The van der Waals surface area contributed by atoms with E-state index in [0.29, 0.717) is 6.42 Å². The molecule has 0 bridgehead atoms. The first kappa shape index (κ1) is 30.3. The highest BCUT2D eigenvalue weighted by Crippen LogP contribution is 2.09. The Morgan fingerprint density at radius 1 is 0.658 bits per heavy atom. The molecule has 0 fully saturated rings. The van der Waals surface area contributed by atoms with E-state index < -0.39 is 0 Å². The third-order valence-electron chi connectivity index (χ3n) is 5.84. The van der Waals surface area contributed by atoms with Crippen molar-refractivity contribution < 1.29 is 18.5 Å². The van der Waals surface area contributed by atoms with Gasteiger partial charge in [-0.3, -0.25) is 4.79 Å². The van der Waals surface area contributed by atoms with Crippen LogP contribution in [0.3, 0.4) is 0 Å². The number of carbonyl (C=O) groups is 1. The molecule has 0 saturated heterocycles. The summed E-state index contributed by atoms with van der Waals surface area (Å²) in [5.74, 6) is 22.1. The van der Waals surface area contributed by atoms with E-state index >= 15 is 0 Å². The predicted molar refractivity (Wildman–Crippen MR) is 155 cm³/mol. The second-order valence-electron chi connectivity index (χ2n) is 10.9. The second kappa shape index (κ2) is 16.0. The van der Waals surface area contributed by atoms with Crippen molar-refractivity contribution in [3.8, 4) is 47.4 Å². The Bertz CT molecular complexity index is 1270. The van der Waals surface area contributed by atoms with Crippen molar-refractivity contribution in [2.45, 2.75) is 32.3 Å². The maximum absolute atomic E-state index is 12.1. The monoisotopic (exact) mass is 508 g/mol. The lowest BCUT2D eigenvalue weighted by Crippen LogP contribution is -2.44. The predicted octanol–water partition coefficient (Wildman–Crippen LogP) is 4.48. The van der Waals surface area contributed by atoms with Crippen LogP contribution in [0.4, 0.5) is 0 Å². The van der Waals surface area contributed by atoms with Crippen molar-refractivity contribution in [3.63, 3.8) is 0 Å². The molecule has 0 atom stereocenters. The van der Waals surface area contributed by atoms with Crippen LogP contribution < -0.4 is 0 Å². The Balaban J connectivity index is 1.65. The quantitative estimate of drug-likeness (QED) is 0.194. The van der Waals surface area contributed by atoms with Gasteiger partial charge in [-0.1, -0.05) is 42.2 Å². The fourth-order valence-electron chi connectivity index (χ4n) is 3.67. The zero-order valence-electron chi connectivity index (χ0n) is 23.6. The molecule has 0 aliphatic heterocycles. The van der Waals surface area contributed by atoms with Crippen LogP contribution >= 0.6 is 0 Å². The van der Waals surface area contributed by atoms with Crippen molar-refractivity contribution in [3.05, 3.63) is 71.3 Å².